The molecule has 1 unspecified atom stereocenters. The lowest BCUT2D eigenvalue weighted by molar-refractivity contribution is 0.277. The molecule has 3 aromatic rings. The molecule has 4 rings (SSSR count). The first-order chi connectivity index (χ1) is 17.3. The number of hydrogen-bond acceptors (Lipinski definition) is 6. The Balaban J connectivity index is 1.82. The van der Waals surface area contributed by atoms with Crippen LogP contribution in [-0.4, -0.2) is 31.7 Å². The minimum Gasteiger partial charge on any atom is -0.442 e. The molecule has 0 saturated heterocycles. The van der Waals surface area contributed by atoms with Crippen LogP contribution in [0.4, 0.5) is 5.82 Å². The van der Waals surface area contributed by atoms with Gasteiger partial charge in [0, 0.05) is 44.4 Å². The van der Waals surface area contributed by atoms with Crippen LogP contribution in [0.15, 0.2) is 57.2 Å². The molecular formula is C27H31ClN4O4. The van der Waals surface area contributed by atoms with Crippen molar-refractivity contribution in [2.75, 3.05) is 6.61 Å². The number of nitrogens with zero attached hydrogens (tertiary/aromatic N) is 4. The highest BCUT2D eigenvalue weighted by Crippen LogP contribution is 2.31. The predicted molar refractivity (Wildman–Crippen MR) is 141 cm³/mol. The molecule has 0 bridgehead atoms. The van der Waals surface area contributed by atoms with E-state index in [-0.39, 0.29) is 30.5 Å². The van der Waals surface area contributed by atoms with Gasteiger partial charge in [0.05, 0.1) is 10.6 Å². The van der Waals surface area contributed by atoms with Crippen LogP contribution in [-0.2, 0) is 26.4 Å². The SMILES string of the molecule is CC(C)c1ccccc1OC1=Nc2c(c(=O)n(CCCO)c(=O)n2C)CCC1Cc1ccc(Cl)cn1. The highest BCUT2D eigenvalue weighted by Gasteiger charge is 2.28. The quantitative estimate of drug-likeness (QED) is 0.517. The number of hydrogen-bond donors (Lipinski definition) is 1. The number of aromatic nitrogens is 3. The van der Waals surface area contributed by atoms with Crippen LogP contribution in [0.2, 0.25) is 5.02 Å². The topological polar surface area (TPSA) is 98.7 Å². The molecule has 0 aliphatic carbocycles. The van der Waals surface area contributed by atoms with Crippen LogP contribution >= 0.6 is 11.6 Å². The second-order valence-electron chi connectivity index (χ2n) is 9.33. The number of benzene rings is 1. The maximum atomic E-state index is 13.3. The number of para-hydroxylation sites is 1. The van der Waals surface area contributed by atoms with Crippen molar-refractivity contribution in [2.45, 2.75) is 52.0 Å². The molecule has 0 saturated carbocycles. The maximum Gasteiger partial charge on any atom is 0.332 e. The molecule has 1 atom stereocenters. The molecule has 1 aliphatic rings. The average molecular weight is 511 g/mol. The monoisotopic (exact) mass is 510 g/mol. The fourth-order valence-corrected chi connectivity index (χ4v) is 4.59. The molecular weight excluding hydrogens is 480 g/mol. The Bertz CT molecular complexity index is 1380. The Kier molecular flexibility index (Phi) is 8.06. The Hall–Kier alpha value is -3.23. The molecule has 9 heteroatoms. The highest BCUT2D eigenvalue weighted by atomic mass is 35.5. The van der Waals surface area contributed by atoms with E-state index in [1.54, 1.807) is 19.3 Å². The molecule has 36 heavy (non-hydrogen) atoms. The molecule has 0 radical (unpaired) electrons. The van der Waals surface area contributed by atoms with E-state index in [1.807, 2.05) is 30.3 Å². The van der Waals surface area contributed by atoms with Gasteiger partial charge in [0.1, 0.15) is 11.6 Å². The van der Waals surface area contributed by atoms with Crippen LogP contribution in [0.1, 0.15) is 49.4 Å². The zero-order valence-corrected chi connectivity index (χ0v) is 21.5. The molecule has 8 nitrogen and oxygen atoms in total. The maximum absolute atomic E-state index is 13.3. The van der Waals surface area contributed by atoms with Crippen molar-refractivity contribution >= 4 is 23.3 Å². The lowest BCUT2D eigenvalue weighted by atomic mass is 9.95. The van der Waals surface area contributed by atoms with Gasteiger partial charge in [-0.15, -0.1) is 0 Å². The van der Waals surface area contributed by atoms with Crippen LogP contribution < -0.4 is 16.0 Å². The van der Waals surface area contributed by atoms with Gasteiger partial charge in [-0.1, -0.05) is 43.6 Å². The third kappa shape index (κ3) is 5.44. The highest BCUT2D eigenvalue weighted by molar-refractivity contribution is 6.30. The van der Waals surface area contributed by atoms with Crippen molar-refractivity contribution in [3.63, 3.8) is 0 Å². The van der Waals surface area contributed by atoms with Gasteiger partial charge in [-0.25, -0.2) is 4.79 Å². The minimum atomic E-state index is -0.462. The summed E-state index contributed by atoms with van der Waals surface area (Å²) in [6.07, 6.45) is 3.50. The van der Waals surface area contributed by atoms with E-state index in [1.165, 1.54) is 9.13 Å². The molecule has 1 aromatic carbocycles. The Morgan fingerprint density at radius 1 is 1.19 bits per heavy atom. The summed E-state index contributed by atoms with van der Waals surface area (Å²) in [5.74, 6) is 1.52. The van der Waals surface area contributed by atoms with Gasteiger partial charge in [-0.3, -0.25) is 18.9 Å². The second-order valence-corrected chi connectivity index (χ2v) is 9.77. The van der Waals surface area contributed by atoms with Gasteiger partial charge >= 0.3 is 5.69 Å². The normalized spacial score (nSPS) is 15.4. The van der Waals surface area contributed by atoms with Crippen molar-refractivity contribution in [1.82, 2.24) is 14.1 Å². The van der Waals surface area contributed by atoms with E-state index in [9.17, 15) is 14.7 Å². The molecule has 1 N–H and O–H groups in total. The summed E-state index contributed by atoms with van der Waals surface area (Å²) in [6, 6.07) is 11.5. The van der Waals surface area contributed by atoms with Gasteiger partial charge in [-0.2, -0.15) is 4.99 Å². The zero-order chi connectivity index (χ0) is 25.8. The van der Waals surface area contributed by atoms with Crippen molar-refractivity contribution < 1.29 is 9.84 Å². The third-order valence-corrected chi connectivity index (χ3v) is 6.68. The first kappa shape index (κ1) is 25.9. The molecule has 1 aliphatic heterocycles. The predicted octanol–water partition coefficient (Wildman–Crippen LogP) is 4.02. The van der Waals surface area contributed by atoms with Crippen molar-refractivity contribution in [3.05, 3.63) is 85.3 Å². The number of pyridine rings is 1. The van der Waals surface area contributed by atoms with Crippen LogP contribution in [0.5, 0.6) is 5.75 Å². The van der Waals surface area contributed by atoms with Gasteiger partial charge in [-0.05, 0) is 48.9 Å². The lowest BCUT2D eigenvalue weighted by Crippen LogP contribution is -2.41. The van der Waals surface area contributed by atoms with Crippen LogP contribution in [0.3, 0.4) is 0 Å². The number of aliphatic hydroxyl groups is 1. The average Bonchev–Trinajstić information content (AvgIpc) is 3.04. The van der Waals surface area contributed by atoms with Gasteiger partial charge in [0.2, 0.25) is 0 Å². The zero-order valence-electron chi connectivity index (χ0n) is 20.8. The van der Waals surface area contributed by atoms with Gasteiger partial charge in [0.15, 0.2) is 5.90 Å². The number of halogens is 1. The number of ether oxygens (including phenoxy) is 1. The van der Waals surface area contributed by atoms with E-state index in [0.29, 0.717) is 53.7 Å². The van der Waals surface area contributed by atoms with E-state index in [2.05, 4.69) is 18.8 Å². The second kappa shape index (κ2) is 11.2. The Morgan fingerprint density at radius 3 is 2.67 bits per heavy atom. The molecule has 2 aromatic heterocycles. The fraction of sp³-hybridized carbons (Fsp3) is 0.407. The fourth-order valence-electron chi connectivity index (χ4n) is 4.48. The van der Waals surface area contributed by atoms with Gasteiger partial charge < -0.3 is 9.84 Å². The van der Waals surface area contributed by atoms with Crippen LogP contribution in [0.25, 0.3) is 0 Å². The molecule has 0 fully saturated rings. The van der Waals surface area contributed by atoms with E-state index in [4.69, 9.17) is 21.3 Å². The molecule has 3 heterocycles. The summed E-state index contributed by atoms with van der Waals surface area (Å²) in [7, 11) is 1.61. The largest absolute Gasteiger partial charge is 0.442 e. The molecule has 190 valence electrons. The lowest BCUT2D eigenvalue weighted by Gasteiger charge is -2.20. The van der Waals surface area contributed by atoms with E-state index in [0.717, 1.165) is 11.3 Å². The summed E-state index contributed by atoms with van der Waals surface area (Å²) < 4.78 is 9.04. The van der Waals surface area contributed by atoms with Gasteiger partial charge in [0.25, 0.3) is 5.56 Å². The molecule has 0 amide bonds. The number of aliphatic imine (C=N–C) groups is 1. The van der Waals surface area contributed by atoms with Crippen molar-refractivity contribution in [2.24, 2.45) is 18.0 Å². The number of aliphatic hydroxyl groups excluding tert-OH is 1. The van der Waals surface area contributed by atoms with Crippen molar-refractivity contribution in [3.8, 4) is 5.75 Å². The Morgan fingerprint density at radius 2 is 1.97 bits per heavy atom. The smallest absolute Gasteiger partial charge is 0.332 e. The number of rotatable bonds is 7. The van der Waals surface area contributed by atoms with Crippen LogP contribution in [0, 0.1) is 5.92 Å². The first-order valence-corrected chi connectivity index (χ1v) is 12.6. The standard InChI is InChI=1S/C27H31ClN4O4/c1-17(2)21-7-4-5-8-23(21)36-25-18(15-20-11-10-19(28)16-29-20)9-12-22-24(30-25)31(3)27(35)32(26(22)34)13-6-14-33/h4-5,7-8,10-11,16-18,33H,6,9,12-15H2,1-3H3. The summed E-state index contributed by atoms with van der Waals surface area (Å²) in [5.41, 5.74) is 1.52. The minimum absolute atomic E-state index is 0.103. The summed E-state index contributed by atoms with van der Waals surface area (Å²) in [4.78, 5) is 35.6. The first-order valence-electron chi connectivity index (χ1n) is 12.2. The summed E-state index contributed by atoms with van der Waals surface area (Å²) in [5, 5.41) is 9.77. The third-order valence-electron chi connectivity index (χ3n) is 6.46. The Labute approximate surface area is 214 Å². The van der Waals surface area contributed by atoms with E-state index < -0.39 is 5.69 Å². The summed E-state index contributed by atoms with van der Waals surface area (Å²) >= 11 is 6.03. The van der Waals surface area contributed by atoms with Crippen molar-refractivity contribution in [1.29, 1.82) is 0 Å². The summed E-state index contributed by atoms with van der Waals surface area (Å²) in [6.45, 7) is 4.25. The van der Waals surface area contributed by atoms with E-state index >= 15 is 0 Å². The molecule has 0 spiro atoms. The number of fused-ring (bicyclic) bond motifs is 1.